The molecular weight excluding hydrogens is 567 g/mol. The van der Waals surface area contributed by atoms with Gasteiger partial charge in [0.1, 0.15) is 0 Å². The molecule has 194 valence electrons. The number of hydrogen-bond acceptors (Lipinski definition) is 4. The zero-order chi connectivity index (χ0) is 25.9. The zero-order valence-electron chi connectivity index (χ0n) is 21.4. The summed E-state index contributed by atoms with van der Waals surface area (Å²) >= 11 is 1.74. The topological polar surface area (TPSA) is 87.7 Å². The molecule has 4 rings (SSSR count). The first-order chi connectivity index (χ1) is 17.2. The van der Waals surface area contributed by atoms with E-state index in [1.165, 1.54) is 5.57 Å². The van der Waals surface area contributed by atoms with E-state index in [9.17, 15) is 14.7 Å². The maximum Gasteiger partial charge on any atom is 0.235 e. The Labute approximate surface area is 228 Å². The van der Waals surface area contributed by atoms with Crippen molar-refractivity contribution in [1.29, 1.82) is 0 Å². The highest BCUT2D eigenvalue weighted by atomic mass is 127. The second-order valence-electron chi connectivity index (χ2n) is 10.9. The molecule has 0 aliphatic heterocycles. The molecule has 3 atom stereocenters. The van der Waals surface area contributed by atoms with Crippen LogP contribution in [0.5, 0.6) is 11.5 Å². The molecule has 36 heavy (non-hydrogen) atoms. The largest absolute Gasteiger partial charge is 0.504 e. The molecule has 0 heterocycles. The Balaban J connectivity index is 1.40. The third-order valence-corrected chi connectivity index (χ3v) is 8.28. The lowest BCUT2D eigenvalue weighted by Gasteiger charge is -2.30. The molecule has 2 amide bonds. The number of carbonyl (C=O) groups excluding carboxylic acids is 2. The van der Waals surface area contributed by atoms with E-state index in [-0.39, 0.29) is 29.4 Å². The van der Waals surface area contributed by atoms with Crippen molar-refractivity contribution in [3.8, 4) is 11.5 Å². The number of allylic oxidation sites excluding steroid dienone is 5. The van der Waals surface area contributed by atoms with Crippen molar-refractivity contribution in [2.24, 2.45) is 23.7 Å². The van der Waals surface area contributed by atoms with E-state index >= 15 is 0 Å². The number of phenolic OH excluding ortho intramolecular Hbond substituents is 1. The van der Waals surface area contributed by atoms with E-state index in [0.717, 1.165) is 56.3 Å². The molecule has 3 N–H and O–H groups in total. The standard InChI is InChI=1S/C29H37IN2O4/c1-18(2)12-15-31-27(34)21-7-5-20(6-8-21)24-17-23(10-4-19(24)3)32-28(35)29(13-14-29)22-9-11-25(33)26(16-22)36-30/h4-5,9-11,16-19,21,24,33H,6-8,12-15H2,1-3H3,(H,31,34)(H,32,35). The van der Waals surface area contributed by atoms with E-state index in [1.54, 1.807) is 41.2 Å². The molecule has 0 spiro atoms. The van der Waals surface area contributed by atoms with Gasteiger partial charge < -0.3 is 18.8 Å². The minimum Gasteiger partial charge on any atom is -0.504 e. The van der Waals surface area contributed by atoms with Gasteiger partial charge in [0.25, 0.3) is 0 Å². The summed E-state index contributed by atoms with van der Waals surface area (Å²) in [5, 5.41) is 16.2. The smallest absolute Gasteiger partial charge is 0.235 e. The normalized spacial score (nSPS) is 24.5. The van der Waals surface area contributed by atoms with E-state index in [0.29, 0.717) is 17.6 Å². The molecule has 3 unspecified atom stereocenters. The van der Waals surface area contributed by atoms with Gasteiger partial charge in [0.05, 0.1) is 5.41 Å². The van der Waals surface area contributed by atoms with E-state index in [2.05, 4.69) is 49.6 Å². The molecule has 1 aromatic carbocycles. The Morgan fingerprint density at radius 2 is 2.06 bits per heavy atom. The van der Waals surface area contributed by atoms with Gasteiger partial charge >= 0.3 is 0 Å². The number of carbonyl (C=O) groups is 2. The van der Waals surface area contributed by atoms with Gasteiger partial charge in [-0.05, 0) is 74.1 Å². The van der Waals surface area contributed by atoms with Crippen LogP contribution in [-0.2, 0) is 15.0 Å². The monoisotopic (exact) mass is 604 g/mol. The zero-order valence-corrected chi connectivity index (χ0v) is 23.5. The second kappa shape index (κ2) is 11.4. The highest BCUT2D eigenvalue weighted by molar-refractivity contribution is 14.1. The van der Waals surface area contributed by atoms with Crippen LogP contribution in [0, 0.1) is 23.7 Å². The molecule has 3 aliphatic rings. The third kappa shape index (κ3) is 5.98. The van der Waals surface area contributed by atoms with Crippen LogP contribution < -0.4 is 13.7 Å². The first kappa shape index (κ1) is 26.8. The van der Waals surface area contributed by atoms with Gasteiger partial charge in [-0.3, -0.25) is 9.59 Å². The Hall–Kier alpha value is -2.29. The summed E-state index contributed by atoms with van der Waals surface area (Å²) in [4.78, 5) is 25.9. The summed E-state index contributed by atoms with van der Waals surface area (Å²) in [6, 6.07) is 5.15. The predicted molar refractivity (Wildman–Crippen MR) is 150 cm³/mol. The average molecular weight is 605 g/mol. The first-order valence-electron chi connectivity index (χ1n) is 13.0. The van der Waals surface area contributed by atoms with Crippen molar-refractivity contribution >= 4 is 34.8 Å². The third-order valence-electron chi connectivity index (χ3n) is 7.81. The number of halogens is 1. The molecule has 3 aliphatic carbocycles. The summed E-state index contributed by atoms with van der Waals surface area (Å²) in [6.07, 6.45) is 13.7. The van der Waals surface area contributed by atoms with Gasteiger partial charge in [-0.1, -0.05) is 50.6 Å². The number of benzene rings is 1. The summed E-state index contributed by atoms with van der Waals surface area (Å²) < 4.78 is 5.22. The minimum atomic E-state index is -0.578. The van der Waals surface area contributed by atoms with Crippen molar-refractivity contribution < 1.29 is 17.8 Å². The fourth-order valence-corrected chi connectivity index (χ4v) is 5.58. The average Bonchev–Trinajstić information content (AvgIpc) is 3.67. The molecule has 1 aromatic rings. The molecule has 1 fully saturated rings. The lowest BCUT2D eigenvalue weighted by molar-refractivity contribution is -0.125. The summed E-state index contributed by atoms with van der Waals surface area (Å²) in [6.45, 7) is 7.28. The Morgan fingerprint density at radius 1 is 1.28 bits per heavy atom. The van der Waals surface area contributed by atoms with Crippen LogP contribution >= 0.6 is 23.0 Å². The van der Waals surface area contributed by atoms with Crippen molar-refractivity contribution in [2.75, 3.05) is 6.54 Å². The van der Waals surface area contributed by atoms with Crippen molar-refractivity contribution in [3.05, 3.63) is 59.3 Å². The van der Waals surface area contributed by atoms with Gasteiger partial charge in [0.2, 0.25) is 11.8 Å². The first-order valence-corrected chi connectivity index (χ1v) is 13.9. The Bertz CT molecular complexity index is 1090. The summed E-state index contributed by atoms with van der Waals surface area (Å²) in [5.41, 5.74) is 2.47. The fourth-order valence-electron chi connectivity index (χ4n) is 5.22. The van der Waals surface area contributed by atoms with Crippen LogP contribution in [0.1, 0.15) is 64.9 Å². The number of phenols is 1. The fraction of sp³-hybridized carbons (Fsp3) is 0.517. The molecule has 0 aromatic heterocycles. The van der Waals surface area contributed by atoms with E-state index < -0.39 is 5.41 Å². The van der Waals surface area contributed by atoms with Crippen LogP contribution in [0.25, 0.3) is 0 Å². The lowest BCUT2D eigenvalue weighted by atomic mass is 9.76. The molecule has 0 bridgehead atoms. The Kier molecular flexibility index (Phi) is 8.48. The number of hydrogen-bond donors (Lipinski definition) is 3. The van der Waals surface area contributed by atoms with E-state index in [4.69, 9.17) is 3.07 Å². The molecule has 7 heteroatoms. The van der Waals surface area contributed by atoms with Gasteiger partial charge in [-0.25, -0.2) is 0 Å². The minimum absolute atomic E-state index is 0.0208. The van der Waals surface area contributed by atoms with Crippen LogP contribution in [0.2, 0.25) is 0 Å². The summed E-state index contributed by atoms with van der Waals surface area (Å²) in [5.74, 6) is 1.78. The lowest BCUT2D eigenvalue weighted by Crippen LogP contribution is -2.35. The number of aromatic hydroxyl groups is 1. The van der Waals surface area contributed by atoms with Gasteiger partial charge in [0, 0.05) is 24.1 Å². The summed E-state index contributed by atoms with van der Waals surface area (Å²) in [7, 11) is 0. The van der Waals surface area contributed by atoms with Crippen molar-refractivity contribution in [3.63, 3.8) is 0 Å². The number of rotatable bonds is 9. The van der Waals surface area contributed by atoms with Crippen molar-refractivity contribution in [2.45, 2.75) is 64.7 Å². The predicted octanol–water partition coefficient (Wildman–Crippen LogP) is 5.86. The maximum absolute atomic E-state index is 13.3. The second-order valence-corrected chi connectivity index (χ2v) is 11.3. The number of amides is 2. The van der Waals surface area contributed by atoms with Crippen LogP contribution in [0.4, 0.5) is 0 Å². The highest BCUT2D eigenvalue weighted by Crippen LogP contribution is 2.50. The quantitative estimate of drug-likeness (QED) is 0.243. The molecule has 0 saturated heterocycles. The van der Waals surface area contributed by atoms with Gasteiger partial charge in [-0.15, -0.1) is 0 Å². The van der Waals surface area contributed by atoms with Gasteiger partial charge in [-0.2, -0.15) is 0 Å². The Morgan fingerprint density at radius 3 is 2.69 bits per heavy atom. The maximum atomic E-state index is 13.3. The van der Waals surface area contributed by atoms with Crippen LogP contribution in [-0.4, -0.2) is 23.5 Å². The van der Waals surface area contributed by atoms with Gasteiger partial charge in [0.15, 0.2) is 34.5 Å². The van der Waals surface area contributed by atoms with Crippen LogP contribution in [0.3, 0.4) is 0 Å². The van der Waals surface area contributed by atoms with E-state index in [1.807, 2.05) is 6.08 Å². The highest BCUT2D eigenvalue weighted by Gasteiger charge is 2.51. The number of nitrogens with one attached hydrogen (secondary N) is 2. The van der Waals surface area contributed by atoms with Crippen molar-refractivity contribution in [1.82, 2.24) is 10.6 Å². The molecule has 0 radical (unpaired) electrons. The molecular formula is C29H37IN2O4. The molecule has 6 nitrogen and oxygen atoms in total. The SMILES string of the molecule is CC(C)CCNC(=O)C1CC=C(C2C=C(NC(=O)C3(c4ccc(O)c(OI)c4)CC3)C=CC2C)CC1. The van der Waals surface area contributed by atoms with Crippen LogP contribution in [0.15, 0.2) is 53.8 Å². The molecule has 1 saturated carbocycles.